The van der Waals surface area contributed by atoms with Gasteiger partial charge in [-0.3, -0.25) is 0 Å². The summed E-state index contributed by atoms with van der Waals surface area (Å²) < 4.78 is 0. The minimum atomic E-state index is -0.305. The third kappa shape index (κ3) is 2.01. The molecule has 2 nitrogen and oxygen atoms in total. The van der Waals surface area contributed by atoms with Gasteiger partial charge in [0.15, 0.2) is 0 Å². The first kappa shape index (κ1) is 8.68. The van der Waals surface area contributed by atoms with Crippen molar-refractivity contribution in [2.24, 2.45) is 0 Å². The second-order valence-corrected chi connectivity index (χ2v) is 3.75. The molecule has 0 spiro atoms. The highest BCUT2D eigenvalue weighted by atomic mass is 32.1. The average Bonchev–Trinajstić information content (AvgIpc) is 2.34. The highest BCUT2D eigenvalue weighted by molar-refractivity contribution is 7.09. The fourth-order valence-electron chi connectivity index (χ4n) is 0.788. The topological polar surface area (TPSA) is 33.1 Å². The molecule has 0 aliphatic rings. The summed E-state index contributed by atoms with van der Waals surface area (Å²) >= 11 is 1.61. The van der Waals surface area contributed by atoms with Crippen LogP contribution >= 0.6 is 11.3 Å². The molecule has 62 valence electrons. The molecule has 1 heterocycles. The van der Waals surface area contributed by atoms with Crippen LogP contribution in [0.3, 0.4) is 0 Å². The standard InChI is InChI=1S/C8H13NOS/c1-5-4-11-8(9-5)6(2)7(3)10/h4,6-7,10H,1-3H3. The van der Waals surface area contributed by atoms with Gasteiger partial charge >= 0.3 is 0 Å². The highest BCUT2D eigenvalue weighted by Gasteiger charge is 2.13. The van der Waals surface area contributed by atoms with Gasteiger partial charge in [-0.1, -0.05) is 6.92 Å². The molecule has 1 rings (SSSR count). The van der Waals surface area contributed by atoms with Gasteiger partial charge in [-0.25, -0.2) is 4.98 Å². The molecule has 0 radical (unpaired) electrons. The monoisotopic (exact) mass is 171 g/mol. The molecule has 1 N–H and O–H groups in total. The maximum Gasteiger partial charge on any atom is 0.0982 e. The number of hydrogen-bond donors (Lipinski definition) is 1. The lowest BCUT2D eigenvalue weighted by Gasteiger charge is -2.10. The van der Waals surface area contributed by atoms with E-state index >= 15 is 0 Å². The van der Waals surface area contributed by atoms with Crippen LogP contribution in [0.4, 0.5) is 0 Å². The molecule has 1 aromatic heterocycles. The fourth-order valence-corrected chi connectivity index (χ4v) is 1.74. The third-order valence-electron chi connectivity index (χ3n) is 1.75. The number of rotatable bonds is 2. The van der Waals surface area contributed by atoms with Crippen LogP contribution in [-0.2, 0) is 0 Å². The SMILES string of the molecule is Cc1csc(C(C)C(C)O)n1. The van der Waals surface area contributed by atoms with E-state index in [9.17, 15) is 5.11 Å². The smallest absolute Gasteiger partial charge is 0.0982 e. The Hall–Kier alpha value is -0.410. The largest absolute Gasteiger partial charge is 0.393 e. The number of aryl methyl sites for hydroxylation is 1. The summed E-state index contributed by atoms with van der Waals surface area (Å²) in [6.45, 7) is 5.75. The van der Waals surface area contributed by atoms with Crippen LogP contribution in [0.15, 0.2) is 5.38 Å². The molecule has 0 amide bonds. The Balaban J connectivity index is 2.76. The molecular formula is C8H13NOS. The van der Waals surface area contributed by atoms with Crippen LogP contribution < -0.4 is 0 Å². The predicted octanol–water partition coefficient (Wildman–Crippen LogP) is 1.94. The number of aliphatic hydroxyl groups is 1. The molecule has 0 aliphatic heterocycles. The van der Waals surface area contributed by atoms with Crippen molar-refractivity contribution in [1.82, 2.24) is 4.98 Å². The zero-order valence-electron chi connectivity index (χ0n) is 7.03. The van der Waals surface area contributed by atoms with Crippen LogP contribution in [0, 0.1) is 6.92 Å². The summed E-state index contributed by atoms with van der Waals surface area (Å²) in [5.74, 6) is 0.161. The number of aromatic nitrogens is 1. The number of thiazole rings is 1. The van der Waals surface area contributed by atoms with E-state index in [1.54, 1.807) is 18.3 Å². The van der Waals surface area contributed by atoms with Crippen molar-refractivity contribution < 1.29 is 5.11 Å². The molecule has 0 bridgehead atoms. The number of nitrogens with zero attached hydrogens (tertiary/aromatic N) is 1. The maximum absolute atomic E-state index is 9.25. The first-order valence-electron chi connectivity index (χ1n) is 3.71. The first-order chi connectivity index (χ1) is 5.11. The van der Waals surface area contributed by atoms with E-state index in [-0.39, 0.29) is 12.0 Å². The molecule has 1 aromatic rings. The van der Waals surface area contributed by atoms with Crippen LogP contribution in [0.25, 0.3) is 0 Å². The van der Waals surface area contributed by atoms with Gasteiger partial charge in [0.25, 0.3) is 0 Å². The number of aliphatic hydroxyl groups excluding tert-OH is 1. The summed E-state index contributed by atoms with van der Waals surface area (Å²) in [5.41, 5.74) is 1.04. The first-order valence-corrected chi connectivity index (χ1v) is 4.59. The average molecular weight is 171 g/mol. The Labute approximate surface area is 70.9 Å². The predicted molar refractivity (Wildman–Crippen MR) is 46.9 cm³/mol. The van der Waals surface area contributed by atoms with Gasteiger partial charge in [0, 0.05) is 17.0 Å². The maximum atomic E-state index is 9.25. The van der Waals surface area contributed by atoms with E-state index in [2.05, 4.69) is 4.98 Å². The van der Waals surface area contributed by atoms with Crippen LogP contribution in [0.5, 0.6) is 0 Å². The van der Waals surface area contributed by atoms with Crippen molar-refractivity contribution in [2.75, 3.05) is 0 Å². The van der Waals surface area contributed by atoms with Crippen molar-refractivity contribution in [2.45, 2.75) is 32.8 Å². The second kappa shape index (κ2) is 3.32. The third-order valence-corrected chi connectivity index (χ3v) is 2.91. The summed E-state index contributed by atoms with van der Waals surface area (Å²) in [4.78, 5) is 4.29. The molecule has 0 fully saturated rings. The molecule has 0 aliphatic carbocycles. The van der Waals surface area contributed by atoms with Crippen molar-refractivity contribution in [1.29, 1.82) is 0 Å². The zero-order valence-corrected chi connectivity index (χ0v) is 7.85. The Morgan fingerprint density at radius 3 is 2.55 bits per heavy atom. The van der Waals surface area contributed by atoms with Gasteiger partial charge in [-0.2, -0.15) is 0 Å². The van der Waals surface area contributed by atoms with Gasteiger partial charge in [-0.15, -0.1) is 11.3 Å². The summed E-state index contributed by atoms with van der Waals surface area (Å²) in [6, 6.07) is 0. The van der Waals surface area contributed by atoms with Crippen LogP contribution in [-0.4, -0.2) is 16.2 Å². The molecule has 0 saturated heterocycles. The highest BCUT2D eigenvalue weighted by Crippen LogP contribution is 2.22. The molecular weight excluding hydrogens is 158 g/mol. The van der Waals surface area contributed by atoms with E-state index in [1.165, 1.54) is 0 Å². The van der Waals surface area contributed by atoms with E-state index < -0.39 is 0 Å². The van der Waals surface area contributed by atoms with Gasteiger partial charge in [0.2, 0.25) is 0 Å². The van der Waals surface area contributed by atoms with Crippen molar-refractivity contribution in [3.05, 3.63) is 16.1 Å². The van der Waals surface area contributed by atoms with Crippen LogP contribution in [0.1, 0.15) is 30.5 Å². The van der Waals surface area contributed by atoms with E-state index in [4.69, 9.17) is 0 Å². The van der Waals surface area contributed by atoms with Gasteiger partial charge in [0.05, 0.1) is 11.1 Å². The Bertz CT molecular complexity index is 232. The van der Waals surface area contributed by atoms with Crippen molar-refractivity contribution >= 4 is 11.3 Å². The Morgan fingerprint density at radius 2 is 2.18 bits per heavy atom. The molecule has 3 heteroatoms. The van der Waals surface area contributed by atoms with Gasteiger partial charge < -0.3 is 5.11 Å². The summed E-state index contributed by atoms with van der Waals surface area (Å²) in [5, 5.41) is 12.3. The minimum absolute atomic E-state index is 0.161. The lowest BCUT2D eigenvalue weighted by molar-refractivity contribution is 0.169. The quantitative estimate of drug-likeness (QED) is 0.737. The summed E-state index contributed by atoms with van der Waals surface area (Å²) in [6.07, 6.45) is -0.305. The molecule has 0 saturated carbocycles. The Morgan fingerprint density at radius 1 is 1.55 bits per heavy atom. The van der Waals surface area contributed by atoms with Gasteiger partial charge in [0.1, 0.15) is 0 Å². The van der Waals surface area contributed by atoms with E-state index in [1.807, 2.05) is 19.2 Å². The minimum Gasteiger partial charge on any atom is -0.393 e. The zero-order chi connectivity index (χ0) is 8.43. The number of hydrogen-bond acceptors (Lipinski definition) is 3. The second-order valence-electron chi connectivity index (χ2n) is 2.86. The molecule has 0 aromatic carbocycles. The van der Waals surface area contributed by atoms with E-state index in [0.29, 0.717) is 0 Å². The lowest BCUT2D eigenvalue weighted by atomic mass is 10.1. The fraction of sp³-hybridized carbons (Fsp3) is 0.625. The molecule has 11 heavy (non-hydrogen) atoms. The normalized spacial score (nSPS) is 16.4. The lowest BCUT2D eigenvalue weighted by Crippen LogP contribution is -2.10. The van der Waals surface area contributed by atoms with Crippen molar-refractivity contribution in [3.8, 4) is 0 Å². The van der Waals surface area contributed by atoms with Gasteiger partial charge in [-0.05, 0) is 13.8 Å². The van der Waals surface area contributed by atoms with Crippen molar-refractivity contribution in [3.63, 3.8) is 0 Å². The molecule has 2 atom stereocenters. The Kier molecular flexibility index (Phi) is 2.62. The van der Waals surface area contributed by atoms with Crippen LogP contribution in [0.2, 0.25) is 0 Å². The summed E-state index contributed by atoms with van der Waals surface area (Å²) in [7, 11) is 0. The molecule has 2 unspecified atom stereocenters. The van der Waals surface area contributed by atoms with E-state index in [0.717, 1.165) is 10.7 Å².